The van der Waals surface area contributed by atoms with Gasteiger partial charge in [-0.25, -0.2) is 0 Å². The molecule has 2 nitrogen and oxygen atoms in total. The standard InChI is InChI=1S/C68H47NO/c1-67(2)59-33-19-17-30-51(59)53-37-35-48(41-61(53)67)69(49-36-38-54-52-31-18-20-34-60(52)68(62(54)42-49,46-25-11-5-12-26-46)47-27-13-6-14-28-47)63-40-39-56-58-43-57(44-21-7-3-8-22-44)50-29-15-16-32-55(50)65(58)70-66(56)64(63)45-23-9-4-10-24-45/h3-43H,1-2H3. The fourth-order valence-electron chi connectivity index (χ4n) is 12.4. The molecule has 0 aliphatic heterocycles. The number of hydrogen-bond donors (Lipinski definition) is 0. The molecule has 0 unspecified atom stereocenters. The van der Waals surface area contributed by atoms with Gasteiger partial charge in [0.15, 0.2) is 0 Å². The fourth-order valence-corrected chi connectivity index (χ4v) is 12.4. The van der Waals surface area contributed by atoms with Crippen molar-refractivity contribution in [2.24, 2.45) is 0 Å². The van der Waals surface area contributed by atoms with E-state index in [2.05, 4.69) is 267 Å². The van der Waals surface area contributed by atoms with Crippen LogP contribution < -0.4 is 4.90 Å². The molecule has 0 atom stereocenters. The topological polar surface area (TPSA) is 16.4 Å². The molecular weight excluding hydrogens is 847 g/mol. The Bertz CT molecular complexity index is 3980. The lowest BCUT2D eigenvalue weighted by molar-refractivity contribution is 0.660. The molecule has 11 aromatic carbocycles. The predicted molar refractivity (Wildman–Crippen MR) is 292 cm³/mol. The maximum absolute atomic E-state index is 7.39. The van der Waals surface area contributed by atoms with Crippen molar-refractivity contribution in [1.82, 2.24) is 0 Å². The average molecular weight is 894 g/mol. The second-order valence-electron chi connectivity index (χ2n) is 19.5. The molecular formula is C68H47NO. The summed E-state index contributed by atoms with van der Waals surface area (Å²) in [5.74, 6) is 0. The minimum absolute atomic E-state index is 0.203. The van der Waals surface area contributed by atoms with Crippen LogP contribution in [0.1, 0.15) is 47.2 Å². The first kappa shape index (κ1) is 40.4. The Morgan fingerprint density at radius 1 is 0.329 bits per heavy atom. The van der Waals surface area contributed by atoms with Gasteiger partial charge in [-0.2, -0.15) is 0 Å². The molecule has 2 aliphatic rings. The lowest BCUT2D eigenvalue weighted by Crippen LogP contribution is -2.28. The van der Waals surface area contributed by atoms with Gasteiger partial charge in [0.1, 0.15) is 11.2 Å². The molecule has 0 saturated carbocycles. The van der Waals surface area contributed by atoms with E-state index in [1.807, 2.05) is 0 Å². The summed E-state index contributed by atoms with van der Waals surface area (Å²) >= 11 is 0. The number of nitrogens with zero attached hydrogens (tertiary/aromatic N) is 1. The van der Waals surface area contributed by atoms with Crippen LogP contribution in [0, 0.1) is 0 Å². The molecule has 0 bridgehead atoms. The zero-order valence-corrected chi connectivity index (χ0v) is 39.0. The van der Waals surface area contributed by atoms with E-state index in [1.165, 1.54) is 72.1 Å². The fraction of sp³-hybridized carbons (Fsp3) is 0.0588. The van der Waals surface area contributed by atoms with Crippen molar-refractivity contribution < 1.29 is 4.42 Å². The first-order chi connectivity index (χ1) is 34.5. The molecule has 1 heterocycles. The Hall–Kier alpha value is -8.72. The summed E-state index contributed by atoms with van der Waals surface area (Å²) in [5, 5.41) is 4.46. The summed E-state index contributed by atoms with van der Waals surface area (Å²) < 4.78 is 7.39. The van der Waals surface area contributed by atoms with Crippen molar-refractivity contribution in [2.75, 3.05) is 4.90 Å². The summed E-state index contributed by atoms with van der Waals surface area (Å²) in [6, 6.07) is 91.7. The molecule has 0 spiro atoms. The summed E-state index contributed by atoms with van der Waals surface area (Å²) in [6.07, 6.45) is 0. The molecule has 2 heteroatoms. The number of hydrogen-bond acceptors (Lipinski definition) is 2. The Balaban J connectivity index is 1.09. The molecule has 1 aromatic heterocycles. The van der Waals surface area contributed by atoms with Crippen molar-refractivity contribution in [3.8, 4) is 44.5 Å². The number of furan rings is 1. The Labute approximate surface area is 408 Å². The van der Waals surface area contributed by atoms with Crippen molar-refractivity contribution in [1.29, 1.82) is 0 Å². The largest absolute Gasteiger partial charge is 0.455 e. The summed E-state index contributed by atoms with van der Waals surface area (Å²) in [4.78, 5) is 2.51. The van der Waals surface area contributed by atoms with Crippen molar-refractivity contribution >= 4 is 49.8 Å². The molecule has 0 fully saturated rings. The van der Waals surface area contributed by atoms with Crippen LogP contribution in [0.4, 0.5) is 17.1 Å². The highest BCUT2D eigenvalue weighted by Gasteiger charge is 2.46. The van der Waals surface area contributed by atoms with E-state index in [9.17, 15) is 0 Å². The molecule has 0 amide bonds. The van der Waals surface area contributed by atoms with Gasteiger partial charge < -0.3 is 9.32 Å². The normalized spacial score (nSPS) is 13.8. The van der Waals surface area contributed by atoms with E-state index < -0.39 is 5.41 Å². The van der Waals surface area contributed by atoms with Crippen LogP contribution in [0.3, 0.4) is 0 Å². The molecule has 14 rings (SSSR count). The third-order valence-corrected chi connectivity index (χ3v) is 15.5. The van der Waals surface area contributed by atoms with E-state index in [4.69, 9.17) is 4.42 Å². The lowest BCUT2D eigenvalue weighted by atomic mass is 9.67. The first-order valence-corrected chi connectivity index (χ1v) is 24.4. The molecule has 330 valence electrons. The van der Waals surface area contributed by atoms with E-state index in [0.717, 1.165) is 55.5 Å². The first-order valence-electron chi connectivity index (χ1n) is 24.4. The number of fused-ring (bicyclic) bond motifs is 11. The predicted octanol–water partition coefficient (Wildman–Crippen LogP) is 18.2. The summed E-state index contributed by atoms with van der Waals surface area (Å²) in [7, 11) is 0. The van der Waals surface area contributed by atoms with Crippen LogP contribution in [-0.4, -0.2) is 0 Å². The molecule has 0 radical (unpaired) electrons. The van der Waals surface area contributed by atoms with E-state index in [0.29, 0.717) is 0 Å². The second-order valence-corrected chi connectivity index (χ2v) is 19.5. The van der Waals surface area contributed by atoms with Gasteiger partial charge in [-0.1, -0.05) is 220 Å². The van der Waals surface area contributed by atoms with Crippen LogP contribution in [-0.2, 0) is 10.8 Å². The van der Waals surface area contributed by atoms with Crippen LogP contribution in [0.15, 0.2) is 253 Å². The summed E-state index contributed by atoms with van der Waals surface area (Å²) in [5.41, 5.74) is 21.5. The van der Waals surface area contributed by atoms with Gasteiger partial charge >= 0.3 is 0 Å². The third-order valence-electron chi connectivity index (χ3n) is 15.5. The van der Waals surface area contributed by atoms with Crippen molar-refractivity contribution in [2.45, 2.75) is 24.7 Å². The minimum Gasteiger partial charge on any atom is -0.455 e. The Morgan fingerprint density at radius 2 is 0.814 bits per heavy atom. The smallest absolute Gasteiger partial charge is 0.145 e. The quantitative estimate of drug-likeness (QED) is 0.158. The lowest BCUT2D eigenvalue weighted by Gasteiger charge is -2.35. The van der Waals surface area contributed by atoms with Gasteiger partial charge in [0.2, 0.25) is 0 Å². The zero-order valence-electron chi connectivity index (χ0n) is 39.0. The van der Waals surface area contributed by atoms with Crippen LogP contribution >= 0.6 is 0 Å². The number of rotatable bonds is 7. The second kappa shape index (κ2) is 15.4. The van der Waals surface area contributed by atoms with E-state index in [1.54, 1.807) is 0 Å². The van der Waals surface area contributed by atoms with Crippen LogP contribution in [0.5, 0.6) is 0 Å². The maximum atomic E-state index is 7.39. The van der Waals surface area contributed by atoms with E-state index in [-0.39, 0.29) is 5.41 Å². The third kappa shape index (κ3) is 5.74. The average Bonchev–Trinajstić information content (AvgIpc) is 4.03. The number of benzene rings is 11. The zero-order chi connectivity index (χ0) is 46.6. The van der Waals surface area contributed by atoms with Gasteiger partial charge in [-0.3, -0.25) is 0 Å². The highest BCUT2D eigenvalue weighted by molar-refractivity contribution is 6.22. The molecule has 0 saturated heterocycles. The van der Waals surface area contributed by atoms with Gasteiger partial charge in [0.25, 0.3) is 0 Å². The Morgan fingerprint density at radius 3 is 1.47 bits per heavy atom. The molecule has 70 heavy (non-hydrogen) atoms. The molecule has 2 aliphatic carbocycles. The van der Waals surface area contributed by atoms with Crippen LogP contribution in [0.25, 0.3) is 77.2 Å². The monoisotopic (exact) mass is 893 g/mol. The number of anilines is 3. The van der Waals surface area contributed by atoms with Crippen molar-refractivity contribution in [3.63, 3.8) is 0 Å². The van der Waals surface area contributed by atoms with Gasteiger partial charge in [-0.05, 0) is 120 Å². The van der Waals surface area contributed by atoms with Gasteiger partial charge in [0.05, 0.1) is 11.1 Å². The Kier molecular flexibility index (Phi) is 8.88. The minimum atomic E-state index is -0.569. The van der Waals surface area contributed by atoms with Crippen molar-refractivity contribution in [3.05, 3.63) is 282 Å². The maximum Gasteiger partial charge on any atom is 0.145 e. The van der Waals surface area contributed by atoms with Gasteiger partial charge in [0, 0.05) is 38.5 Å². The molecule has 0 N–H and O–H groups in total. The molecule has 12 aromatic rings. The van der Waals surface area contributed by atoms with Crippen LogP contribution in [0.2, 0.25) is 0 Å². The summed E-state index contributed by atoms with van der Waals surface area (Å²) in [6.45, 7) is 4.74. The highest BCUT2D eigenvalue weighted by Crippen LogP contribution is 2.59. The highest BCUT2D eigenvalue weighted by atomic mass is 16.3. The SMILES string of the molecule is CC1(C)c2ccccc2-c2ccc(N(c3ccc4c(c3)C(c3ccccc3)(c3ccccc3)c3ccccc3-4)c3ccc4c(oc5c6ccccc6c(-c6ccccc6)cc45)c3-c3ccccc3)cc21. The van der Waals surface area contributed by atoms with Gasteiger partial charge in [-0.15, -0.1) is 0 Å². The van der Waals surface area contributed by atoms with E-state index >= 15 is 0 Å².